The molecule has 0 amide bonds. The first-order valence-corrected chi connectivity index (χ1v) is 4.58. The van der Waals surface area contributed by atoms with E-state index < -0.39 is 0 Å². The first-order chi connectivity index (χ1) is 5.47. The van der Waals surface area contributed by atoms with Gasteiger partial charge in [-0.05, 0) is 12.8 Å². The fraction of sp³-hybridized carbons (Fsp3) is 0.778. The van der Waals surface area contributed by atoms with Crippen molar-refractivity contribution in [3.05, 3.63) is 12.2 Å². The second kappa shape index (κ2) is 3.37. The minimum absolute atomic E-state index is 0.761. The van der Waals surface area contributed by atoms with Gasteiger partial charge >= 0.3 is 0 Å². The third kappa shape index (κ3) is 1.63. The molecule has 1 heterocycles. The van der Waals surface area contributed by atoms with Crippen LogP contribution in [0.3, 0.4) is 0 Å². The standard InChI is InChI=1S/C9H16N2/c1-2-4-9(3-1)11-7-5-10-6-8-11/h1,3,9-10H,2,4-8H2. The maximum Gasteiger partial charge on any atom is 0.0282 e. The van der Waals surface area contributed by atoms with Gasteiger partial charge in [-0.2, -0.15) is 0 Å². The zero-order chi connectivity index (χ0) is 7.52. The second-order valence-electron chi connectivity index (χ2n) is 3.36. The lowest BCUT2D eigenvalue weighted by Crippen LogP contribution is -2.47. The van der Waals surface area contributed by atoms with Crippen molar-refractivity contribution in [2.75, 3.05) is 26.2 Å². The monoisotopic (exact) mass is 152 g/mol. The molecule has 0 spiro atoms. The molecule has 1 atom stereocenters. The molecule has 1 aliphatic heterocycles. The van der Waals surface area contributed by atoms with Gasteiger partial charge < -0.3 is 5.32 Å². The molecule has 1 N–H and O–H groups in total. The summed E-state index contributed by atoms with van der Waals surface area (Å²) in [4.78, 5) is 2.58. The highest BCUT2D eigenvalue weighted by Gasteiger charge is 2.19. The molecule has 2 aliphatic rings. The van der Waals surface area contributed by atoms with Crippen LogP contribution in [0.5, 0.6) is 0 Å². The minimum Gasteiger partial charge on any atom is -0.314 e. The molecule has 1 saturated heterocycles. The lowest BCUT2D eigenvalue weighted by Gasteiger charge is -2.31. The number of piperazine rings is 1. The van der Waals surface area contributed by atoms with E-state index in [0.29, 0.717) is 0 Å². The van der Waals surface area contributed by atoms with Gasteiger partial charge in [0.2, 0.25) is 0 Å². The molecule has 1 unspecified atom stereocenters. The predicted molar refractivity (Wildman–Crippen MR) is 46.6 cm³/mol. The summed E-state index contributed by atoms with van der Waals surface area (Å²) in [5.74, 6) is 0. The lowest BCUT2D eigenvalue weighted by molar-refractivity contribution is 0.200. The fourth-order valence-corrected chi connectivity index (χ4v) is 1.93. The van der Waals surface area contributed by atoms with Crippen LogP contribution in [0, 0.1) is 0 Å². The Labute approximate surface area is 68.3 Å². The van der Waals surface area contributed by atoms with E-state index >= 15 is 0 Å². The highest BCUT2D eigenvalue weighted by Crippen LogP contribution is 2.16. The molecule has 2 rings (SSSR count). The molecule has 0 bridgehead atoms. The lowest BCUT2D eigenvalue weighted by atomic mass is 10.2. The summed E-state index contributed by atoms with van der Waals surface area (Å²) >= 11 is 0. The highest BCUT2D eigenvalue weighted by molar-refractivity contribution is 5.02. The zero-order valence-electron chi connectivity index (χ0n) is 6.92. The van der Waals surface area contributed by atoms with Gasteiger partial charge in [-0.3, -0.25) is 4.90 Å². The number of hydrogen-bond acceptors (Lipinski definition) is 2. The topological polar surface area (TPSA) is 15.3 Å². The zero-order valence-corrected chi connectivity index (χ0v) is 6.92. The molecule has 2 heteroatoms. The molecular weight excluding hydrogens is 136 g/mol. The maximum absolute atomic E-state index is 3.37. The van der Waals surface area contributed by atoms with Crippen molar-refractivity contribution in [1.29, 1.82) is 0 Å². The first kappa shape index (κ1) is 7.32. The molecule has 1 aliphatic carbocycles. The molecule has 0 radical (unpaired) electrons. The largest absolute Gasteiger partial charge is 0.314 e. The van der Waals surface area contributed by atoms with E-state index in [1.807, 2.05) is 0 Å². The van der Waals surface area contributed by atoms with Crippen molar-refractivity contribution in [3.8, 4) is 0 Å². The fourth-order valence-electron chi connectivity index (χ4n) is 1.93. The Kier molecular flexibility index (Phi) is 2.24. The Morgan fingerprint density at radius 2 is 2.09 bits per heavy atom. The predicted octanol–water partition coefficient (Wildman–Crippen LogP) is 0.610. The van der Waals surface area contributed by atoms with Crippen molar-refractivity contribution in [2.45, 2.75) is 18.9 Å². The number of allylic oxidation sites excluding steroid dienone is 1. The Bertz CT molecular complexity index is 148. The van der Waals surface area contributed by atoms with Crippen LogP contribution in [-0.4, -0.2) is 37.1 Å². The maximum atomic E-state index is 3.37. The van der Waals surface area contributed by atoms with Gasteiger partial charge in [0, 0.05) is 32.2 Å². The summed E-state index contributed by atoms with van der Waals surface area (Å²) in [7, 11) is 0. The van der Waals surface area contributed by atoms with Crippen LogP contribution in [0.25, 0.3) is 0 Å². The Hall–Kier alpha value is -0.340. The summed E-state index contributed by atoms with van der Waals surface area (Å²) in [5, 5.41) is 3.37. The van der Waals surface area contributed by atoms with Crippen LogP contribution in [0.4, 0.5) is 0 Å². The van der Waals surface area contributed by atoms with Crippen LogP contribution in [-0.2, 0) is 0 Å². The van der Waals surface area contributed by atoms with Crippen LogP contribution >= 0.6 is 0 Å². The smallest absolute Gasteiger partial charge is 0.0282 e. The summed E-state index contributed by atoms with van der Waals surface area (Å²) in [5.41, 5.74) is 0. The van der Waals surface area contributed by atoms with E-state index in [9.17, 15) is 0 Å². The van der Waals surface area contributed by atoms with Crippen LogP contribution in [0.15, 0.2) is 12.2 Å². The van der Waals surface area contributed by atoms with E-state index in [4.69, 9.17) is 0 Å². The van der Waals surface area contributed by atoms with Crippen LogP contribution < -0.4 is 5.32 Å². The third-order valence-electron chi connectivity index (χ3n) is 2.61. The quantitative estimate of drug-likeness (QED) is 0.554. The number of hydrogen-bond donors (Lipinski definition) is 1. The van der Waals surface area contributed by atoms with Crippen LogP contribution in [0.2, 0.25) is 0 Å². The van der Waals surface area contributed by atoms with Gasteiger partial charge in [0.15, 0.2) is 0 Å². The molecule has 11 heavy (non-hydrogen) atoms. The molecular formula is C9H16N2. The van der Waals surface area contributed by atoms with Crippen molar-refractivity contribution < 1.29 is 0 Å². The molecule has 0 saturated carbocycles. The van der Waals surface area contributed by atoms with E-state index in [-0.39, 0.29) is 0 Å². The minimum atomic E-state index is 0.761. The summed E-state index contributed by atoms with van der Waals surface area (Å²) in [6, 6.07) is 0.761. The second-order valence-corrected chi connectivity index (χ2v) is 3.36. The van der Waals surface area contributed by atoms with Crippen molar-refractivity contribution in [3.63, 3.8) is 0 Å². The Morgan fingerprint density at radius 3 is 2.73 bits per heavy atom. The molecule has 1 fully saturated rings. The molecule has 0 aromatic heterocycles. The van der Waals surface area contributed by atoms with E-state index in [2.05, 4.69) is 22.4 Å². The summed E-state index contributed by atoms with van der Waals surface area (Å²) in [6.07, 6.45) is 7.31. The van der Waals surface area contributed by atoms with E-state index in [1.165, 1.54) is 39.0 Å². The average Bonchev–Trinajstić information content (AvgIpc) is 2.58. The number of rotatable bonds is 1. The molecule has 62 valence electrons. The average molecular weight is 152 g/mol. The molecule has 0 aromatic rings. The van der Waals surface area contributed by atoms with Gasteiger partial charge in [0.25, 0.3) is 0 Å². The van der Waals surface area contributed by atoms with E-state index in [0.717, 1.165) is 6.04 Å². The number of nitrogens with zero attached hydrogens (tertiary/aromatic N) is 1. The molecule has 0 aromatic carbocycles. The van der Waals surface area contributed by atoms with Gasteiger partial charge in [0.05, 0.1) is 0 Å². The summed E-state index contributed by atoms with van der Waals surface area (Å²) in [6.45, 7) is 4.80. The SMILES string of the molecule is C1=CC(N2CCNCC2)CC1. The van der Waals surface area contributed by atoms with Gasteiger partial charge in [-0.15, -0.1) is 0 Å². The highest BCUT2D eigenvalue weighted by atomic mass is 15.2. The Balaban J connectivity index is 1.87. The molecule has 2 nitrogen and oxygen atoms in total. The van der Waals surface area contributed by atoms with Gasteiger partial charge in [0.1, 0.15) is 0 Å². The van der Waals surface area contributed by atoms with Crippen molar-refractivity contribution >= 4 is 0 Å². The Morgan fingerprint density at radius 1 is 1.27 bits per heavy atom. The first-order valence-electron chi connectivity index (χ1n) is 4.58. The third-order valence-corrected chi connectivity index (χ3v) is 2.61. The van der Waals surface area contributed by atoms with Crippen molar-refractivity contribution in [2.24, 2.45) is 0 Å². The number of nitrogens with one attached hydrogen (secondary N) is 1. The normalized spacial score (nSPS) is 32.9. The van der Waals surface area contributed by atoms with E-state index in [1.54, 1.807) is 0 Å². The van der Waals surface area contributed by atoms with Gasteiger partial charge in [-0.25, -0.2) is 0 Å². The summed E-state index contributed by atoms with van der Waals surface area (Å²) < 4.78 is 0. The van der Waals surface area contributed by atoms with Crippen molar-refractivity contribution in [1.82, 2.24) is 10.2 Å². The van der Waals surface area contributed by atoms with Crippen LogP contribution in [0.1, 0.15) is 12.8 Å². The van der Waals surface area contributed by atoms with Gasteiger partial charge in [-0.1, -0.05) is 12.2 Å².